The van der Waals surface area contributed by atoms with Crippen LogP contribution in [0.2, 0.25) is 0 Å². The van der Waals surface area contributed by atoms with Crippen molar-refractivity contribution in [1.82, 2.24) is 4.98 Å². The van der Waals surface area contributed by atoms with Gasteiger partial charge in [-0.25, -0.2) is 0 Å². The molecule has 106 valence electrons. The zero-order valence-corrected chi connectivity index (χ0v) is 12.2. The number of hydrogen-bond acceptors (Lipinski definition) is 2. The van der Waals surface area contributed by atoms with E-state index >= 15 is 0 Å². The van der Waals surface area contributed by atoms with E-state index in [1.807, 2.05) is 44.2 Å². The fraction of sp³-hybridized carbons (Fsp3) is 0.167. The van der Waals surface area contributed by atoms with Crippen LogP contribution >= 0.6 is 0 Å². The Labute approximate surface area is 124 Å². The molecule has 0 aliphatic rings. The van der Waals surface area contributed by atoms with E-state index in [-0.39, 0.29) is 6.10 Å². The monoisotopic (exact) mass is 278 g/mol. The molecule has 3 aromatic rings. The van der Waals surface area contributed by atoms with Crippen molar-refractivity contribution < 1.29 is 4.84 Å². The van der Waals surface area contributed by atoms with Crippen molar-refractivity contribution in [1.29, 1.82) is 0 Å². The highest BCUT2D eigenvalue weighted by Crippen LogP contribution is 2.28. The maximum atomic E-state index is 5.31. The van der Waals surface area contributed by atoms with Gasteiger partial charge in [-0.15, -0.1) is 0 Å². The Balaban J connectivity index is 2.12. The van der Waals surface area contributed by atoms with Crippen LogP contribution in [-0.4, -0.2) is 17.3 Å². The van der Waals surface area contributed by atoms with Crippen molar-refractivity contribution in [3.63, 3.8) is 0 Å². The summed E-state index contributed by atoms with van der Waals surface area (Å²) in [6.45, 7) is 3.93. The minimum atomic E-state index is 0.0756. The molecule has 0 aliphatic heterocycles. The first-order valence-corrected chi connectivity index (χ1v) is 7.11. The fourth-order valence-corrected chi connectivity index (χ4v) is 2.34. The van der Waals surface area contributed by atoms with Crippen molar-refractivity contribution in [3.8, 4) is 11.3 Å². The van der Waals surface area contributed by atoms with Gasteiger partial charge < -0.3 is 9.82 Å². The summed E-state index contributed by atoms with van der Waals surface area (Å²) in [5, 5.41) is 5.25. The number of nitrogens with zero attached hydrogens (tertiary/aromatic N) is 1. The summed E-state index contributed by atoms with van der Waals surface area (Å²) in [5.41, 5.74) is 4.35. The second-order valence-corrected chi connectivity index (χ2v) is 5.21. The third-order valence-electron chi connectivity index (χ3n) is 3.26. The number of H-pyrrole nitrogens is 1. The van der Waals surface area contributed by atoms with Crippen LogP contribution in [0.3, 0.4) is 0 Å². The Morgan fingerprint density at radius 2 is 1.71 bits per heavy atom. The molecule has 1 N–H and O–H groups in total. The number of nitrogens with one attached hydrogen (secondary N) is 1. The molecule has 0 saturated heterocycles. The van der Waals surface area contributed by atoms with Gasteiger partial charge in [0.2, 0.25) is 0 Å². The molecule has 0 bridgehead atoms. The number of aromatic amines is 1. The van der Waals surface area contributed by atoms with E-state index in [4.69, 9.17) is 4.84 Å². The van der Waals surface area contributed by atoms with Gasteiger partial charge in [0.05, 0.1) is 11.9 Å². The predicted molar refractivity (Wildman–Crippen MR) is 87.5 cm³/mol. The van der Waals surface area contributed by atoms with E-state index in [1.165, 1.54) is 0 Å². The highest BCUT2D eigenvalue weighted by molar-refractivity contribution is 6.05. The largest absolute Gasteiger partial charge is 0.393 e. The Bertz CT molecular complexity index is 757. The second kappa shape index (κ2) is 5.83. The number of para-hydroxylation sites is 1. The first-order valence-electron chi connectivity index (χ1n) is 7.11. The number of fused-ring (bicyclic) bond motifs is 1. The second-order valence-electron chi connectivity index (χ2n) is 5.21. The molecule has 3 heteroatoms. The SMILES string of the molecule is CC(C)O/N=C/c1c(-c2ccccc2)[nH]c2ccccc12. The Morgan fingerprint density at radius 1 is 1.00 bits per heavy atom. The van der Waals surface area contributed by atoms with Crippen LogP contribution in [0, 0.1) is 0 Å². The zero-order chi connectivity index (χ0) is 14.7. The summed E-state index contributed by atoms with van der Waals surface area (Å²) in [6, 6.07) is 18.5. The molecule has 3 rings (SSSR count). The van der Waals surface area contributed by atoms with Crippen LogP contribution in [0.4, 0.5) is 0 Å². The third-order valence-corrected chi connectivity index (χ3v) is 3.26. The summed E-state index contributed by atoms with van der Waals surface area (Å²) in [6.07, 6.45) is 1.87. The van der Waals surface area contributed by atoms with Crippen molar-refractivity contribution >= 4 is 17.1 Å². The number of rotatable bonds is 4. The van der Waals surface area contributed by atoms with Crippen LogP contribution in [-0.2, 0) is 4.84 Å². The molecule has 0 aliphatic carbocycles. The van der Waals surface area contributed by atoms with Crippen molar-refractivity contribution in [2.45, 2.75) is 20.0 Å². The van der Waals surface area contributed by atoms with Crippen LogP contribution in [0.5, 0.6) is 0 Å². The van der Waals surface area contributed by atoms with Gasteiger partial charge in [-0.3, -0.25) is 0 Å². The number of aromatic nitrogens is 1. The minimum absolute atomic E-state index is 0.0756. The van der Waals surface area contributed by atoms with Gasteiger partial charge in [0.25, 0.3) is 0 Å². The first kappa shape index (κ1) is 13.4. The van der Waals surface area contributed by atoms with E-state index in [1.54, 1.807) is 6.21 Å². The van der Waals surface area contributed by atoms with Crippen molar-refractivity contribution in [2.75, 3.05) is 0 Å². The van der Waals surface area contributed by atoms with Gasteiger partial charge in [-0.1, -0.05) is 53.7 Å². The zero-order valence-electron chi connectivity index (χ0n) is 12.2. The van der Waals surface area contributed by atoms with E-state index < -0.39 is 0 Å². The average Bonchev–Trinajstić information content (AvgIpc) is 2.87. The smallest absolute Gasteiger partial charge is 0.122 e. The molecule has 0 radical (unpaired) electrons. The molecule has 1 aromatic heterocycles. The highest BCUT2D eigenvalue weighted by Gasteiger charge is 2.11. The lowest BCUT2D eigenvalue weighted by molar-refractivity contribution is 0.0874. The molecule has 3 nitrogen and oxygen atoms in total. The van der Waals surface area contributed by atoms with Gasteiger partial charge in [-0.2, -0.15) is 0 Å². The Morgan fingerprint density at radius 3 is 2.48 bits per heavy atom. The van der Waals surface area contributed by atoms with Crippen LogP contribution in [0.15, 0.2) is 59.8 Å². The molecule has 0 atom stereocenters. The lowest BCUT2D eigenvalue weighted by Crippen LogP contribution is -1.96. The summed E-state index contributed by atoms with van der Waals surface area (Å²) in [5.74, 6) is 0. The van der Waals surface area contributed by atoms with Crippen LogP contribution < -0.4 is 0 Å². The van der Waals surface area contributed by atoms with Gasteiger partial charge in [0, 0.05) is 16.5 Å². The van der Waals surface area contributed by atoms with E-state index in [9.17, 15) is 0 Å². The maximum Gasteiger partial charge on any atom is 0.122 e. The van der Waals surface area contributed by atoms with Gasteiger partial charge >= 0.3 is 0 Å². The average molecular weight is 278 g/mol. The predicted octanol–water partition coefficient (Wildman–Crippen LogP) is 4.59. The lowest BCUT2D eigenvalue weighted by atomic mass is 10.1. The molecule has 21 heavy (non-hydrogen) atoms. The van der Waals surface area contributed by atoms with Gasteiger partial charge in [0.1, 0.15) is 6.10 Å². The van der Waals surface area contributed by atoms with Gasteiger partial charge in [0.15, 0.2) is 0 Å². The Kier molecular flexibility index (Phi) is 3.73. The maximum absolute atomic E-state index is 5.31. The summed E-state index contributed by atoms with van der Waals surface area (Å²) in [4.78, 5) is 8.78. The molecular weight excluding hydrogens is 260 g/mol. The third kappa shape index (κ3) is 2.82. The summed E-state index contributed by atoms with van der Waals surface area (Å²) < 4.78 is 0. The highest BCUT2D eigenvalue weighted by atomic mass is 16.6. The number of oxime groups is 1. The molecule has 0 fully saturated rings. The quantitative estimate of drug-likeness (QED) is 0.550. The molecule has 0 spiro atoms. The normalized spacial score (nSPS) is 11.6. The van der Waals surface area contributed by atoms with E-state index in [0.29, 0.717) is 0 Å². The summed E-state index contributed by atoms with van der Waals surface area (Å²) >= 11 is 0. The molecule has 0 amide bonds. The minimum Gasteiger partial charge on any atom is -0.393 e. The number of hydrogen-bond donors (Lipinski definition) is 1. The van der Waals surface area contributed by atoms with E-state index in [2.05, 4.69) is 34.4 Å². The molecule has 0 unspecified atom stereocenters. The first-order chi connectivity index (χ1) is 10.3. The number of benzene rings is 2. The molecule has 1 heterocycles. The molecule has 2 aromatic carbocycles. The van der Waals surface area contributed by atoms with Gasteiger partial charge in [-0.05, 0) is 25.5 Å². The van der Waals surface area contributed by atoms with Crippen LogP contribution in [0.25, 0.3) is 22.2 Å². The fourth-order valence-electron chi connectivity index (χ4n) is 2.34. The topological polar surface area (TPSA) is 37.4 Å². The Hall–Kier alpha value is -2.55. The van der Waals surface area contributed by atoms with Crippen molar-refractivity contribution in [2.24, 2.45) is 5.16 Å². The van der Waals surface area contributed by atoms with Crippen LogP contribution in [0.1, 0.15) is 19.4 Å². The summed E-state index contributed by atoms with van der Waals surface area (Å²) in [7, 11) is 0. The van der Waals surface area contributed by atoms with E-state index in [0.717, 1.165) is 27.7 Å². The molecule has 0 saturated carbocycles. The molecular formula is C18H18N2O. The standard InChI is InChI=1S/C18H18N2O/c1-13(2)21-19-12-16-15-10-6-7-11-17(15)20-18(16)14-8-4-3-5-9-14/h3-13,20H,1-2H3/b19-12+. The lowest BCUT2D eigenvalue weighted by Gasteiger charge is -2.02. The van der Waals surface area contributed by atoms with Crippen molar-refractivity contribution in [3.05, 3.63) is 60.2 Å².